The number of rotatable bonds is 4. The summed E-state index contributed by atoms with van der Waals surface area (Å²) in [6.45, 7) is 2.96. The molecule has 0 bridgehead atoms. The molecule has 0 saturated carbocycles. The van der Waals surface area contributed by atoms with Crippen molar-refractivity contribution in [1.82, 2.24) is 24.5 Å². The van der Waals surface area contributed by atoms with Gasteiger partial charge in [-0.15, -0.1) is 0 Å². The summed E-state index contributed by atoms with van der Waals surface area (Å²) in [7, 11) is 0. The fourth-order valence-electron chi connectivity index (χ4n) is 3.75. The van der Waals surface area contributed by atoms with Crippen LogP contribution in [0.25, 0.3) is 5.69 Å². The van der Waals surface area contributed by atoms with E-state index in [9.17, 15) is 14.7 Å². The van der Waals surface area contributed by atoms with Crippen molar-refractivity contribution >= 4 is 11.9 Å². The number of nitrogens with zero attached hydrogens (tertiary/aromatic N) is 5. The summed E-state index contributed by atoms with van der Waals surface area (Å²) in [5, 5.41) is 17.7. The average molecular weight is 379 g/mol. The molecule has 8 heteroatoms. The smallest absolute Gasteiger partial charge is 0.339 e. The van der Waals surface area contributed by atoms with E-state index < -0.39 is 5.97 Å². The number of aromatic carboxylic acids is 1. The predicted octanol–water partition coefficient (Wildman–Crippen LogP) is 2.55. The molecule has 1 aliphatic heterocycles. The molecule has 1 fully saturated rings. The number of likely N-dealkylation sites (tertiary alicyclic amines) is 1. The molecular formula is C20H21N5O3. The Balaban J connectivity index is 1.49. The second-order valence-electron chi connectivity index (χ2n) is 6.88. The Hall–Kier alpha value is -3.42. The van der Waals surface area contributed by atoms with Gasteiger partial charge in [0.15, 0.2) is 0 Å². The van der Waals surface area contributed by atoms with Crippen LogP contribution in [0.1, 0.15) is 45.3 Å². The molecule has 2 aromatic heterocycles. The highest BCUT2D eigenvalue weighted by molar-refractivity contribution is 5.97. The average Bonchev–Trinajstić information content (AvgIpc) is 3.37. The van der Waals surface area contributed by atoms with Crippen LogP contribution in [-0.4, -0.2) is 54.5 Å². The van der Waals surface area contributed by atoms with Crippen LogP contribution in [0.2, 0.25) is 0 Å². The van der Waals surface area contributed by atoms with Gasteiger partial charge in [0.2, 0.25) is 0 Å². The molecule has 1 aliphatic rings. The molecule has 1 N–H and O–H groups in total. The maximum atomic E-state index is 13.1. The first-order chi connectivity index (χ1) is 13.6. The summed E-state index contributed by atoms with van der Waals surface area (Å²) >= 11 is 0. The number of piperidine rings is 1. The van der Waals surface area contributed by atoms with Crippen molar-refractivity contribution in [2.24, 2.45) is 0 Å². The number of amides is 1. The standard InChI is InChI=1S/C20H21N5O3/c1-14-17(20(27)28)13-22-25(14)15-7-11-23(12-8-15)19(26)16-5-2-3-6-18(16)24-10-4-9-21-24/h2-6,9-10,13,15H,7-8,11-12H2,1H3,(H,27,28). The van der Waals surface area contributed by atoms with E-state index in [0.29, 0.717) is 24.3 Å². The molecule has 0 aliphatic carbocycles. The minimum atomic E-state index is -0.966. The van der Waals surface area contributed by atoms with Gasteiger partial charge >= 0.3 is 5.97 Å². The first kappa shape index (κ1) is 18.0. The minimum absolute atomic E-state index is 0.0204. The number of aromatic nitrogens is 4. The highest BCUT2D eigenvalue weighted by Crippen LogP contribution is 2.26. The summed E-state index contributed by atoms with van der Waals surface area (Å²) in [5.41, 5.74) is 2.26. The summed E-state index contributed by atoms with van der Waals surface area (Å²) in [4.78, 5) is 26.2. The van der Waals surface area contributed by atoms with Crippen LogP contribution < -0.4 is 0 Å². The second-order valence-corrected chi connectivity index (χ2v) is 6.88. The zero-order chi connectivity index (χ0) is 19.7. The third-order valence-electron chi connectivity index (χ3n) is 5.26. The monoisotopic (exact) mass is 379 g/mol. The van der Waals surface area contributed by atoms with Gasteiger partial charge in [0.1, 0.15) is 5.56 Å². The summed E-state index contributed by atoms with van der Waals surface area (Å²) in [6, 6.07) is 9.37. The number of benzene rings is 1. The summed E-state index contributed by atoms with van der Waals surface area (Å²) < 4.78 is 3.48. The van der Waals surface area contributed by atoms with E-state index in [2.05, 4.69) is 10.2 Å². The van der Waals surface area contributed by atoms with Crippen LogP contribution in [0.4, 0.5) is 0 Å². The third kappa shape index (κ3) is 3.17. The third-order valence-corrected chi connectivity index (χ3v) is 5.26. The predicted molar refractivity (Wildman–Crippen MR) is 102 cm³/mol. The molecule has 0 radical (unpaired) electrons. The van der Waals surface area contributed by atoms with Gasteiger partial charge in [-0.2, -0.15) is 10.2 Å². The Morgan fingerprint density at radius 2 is 1.82 bits per heavy atom. The van der Waals surface area contributed by atoms with Crippen molar-refractivity contribution in [1.29, 1.82) is 0 Å². The highest BCUT2D eigenvalue weighted by atomic mass is 16.4. The fourth-order valence-corrected chi connectivity index (χ4v) is 3.75. The van der Waals surface area contributed by atoms with E-state index in [0.717, 1.165) is 18.5 Å². The van der Waals surface area contributed by atoms with E-state index in [-0.39, 0.29) is 17.5 Å². The number of carboxylic acids is 1. The van der Waals surface area contributed by atoms with Crippen LogP contribution in [0.5, 0.6) is 0 Å². The van der Waals surface area contributed by atoms with Gasteiger partial charge in [-0.25, -0.2) is 9.48 Å². The van der Waals surface area contributed by atoms with Gasteiger partial charge in [-0.3, -0.25) is 9.48 Å². The van der Waals surface area contributed by atoms with Gasteiger partial charge < -0.3 is 10.0 Å². The summed E-state index contributed by atoms with van der Waals surface area (Å²) in [6.07, 6.45) is 6.37. The zero-order valence-corrected chi connectivity index (χ0v) is 15.5. The normalized spacial score (nSPS) is 15.0. The molecule has 3 aromatic rings. The first-order valence-electron chi connectivity index (χ1n) is 9.22. The van der Waals surface area contributed by atoms with E-state index in [1.807, 2.05) is 41.4 Å². The van der Waals surface area contributed by atoms with E-state index in [4.69, 9.17) is 0 Å². The van der Waals surface area contributed by atoms with Gasteiger partial charge in [0.25, 0.3) is 5.91 Å². The molecule has 1 saturated heterocycles. The van der Waals surface area contributed by atoms with Crippen LogP contribution in [0, 0.1) is 6.92 Å². The molecule has 1 aromatic carbocycles. The maximum absolute atomic E-state index is 13.1. The number of carbonyl (C=O) groups is 2. The Morgan fingerprint density at radius 1 is 1.07 bits per heavy atom. The summed E-state index contributed by atoms with van der Waals surface area (Å²) in [5.74, 6) is -0.987. The number of hydrogen-bond donors (Lipinski definition) is 1. The molecule has 0 unspecified atom stereocenters. The molecule has 1 amide bonds. The van der Waals surface area contributed by atoms with Crippen molar-refractivity contribution in [3.8, 4) is 5.69 Å². The molecule has 4 rings (SSSR count). The molecule has 28 heavy (non-hydrogen) atoms. The van der Waals surface area contributed by atoms with Crippen molar-refractivity contribution < 1.29 is 14.7 Å². The number of carboxylic acid groups (broad SMARTS) is 1. The Kier molecular flexibility index (Phi) is 4.68. The lowest BCUT2D eigenvalue weighted by Gasteiger charge is -2.33. The van der Waals surface area contributed by atoms with Gasteiger partial charge in [-0.05, 0) is 38.0 Å². The lowest BCUT2D eigenvalue weighted by Crippen LogP contribution is -2.39. The van der Waals surface area contributed by atoms with E-state index in [1.165, 1.54) is 6.20 Å². The van der Waals surface area contributed by atoms with E-state index in [1.54, 1.807) is 22.5 Å². The van der Waals surface area contributed by atoms with Crippen molar-refractivity contribution in [2.45, 2.75) is 25.8 Å². The molecular weight excluding hydrogens is 358 g/mol. The quantitative estimate of drug-likeness (QED) is 0.752. The Bertz CT molecular complexity index is 1000. The molecule has 8 nitrogen and oxygen atoms in total. The van der Waals surface area contributed by atoms with Crippen LogP contribution >= 0.6 is 0 Å². The van der Waals surface area contributed by atoms with Crippen LogP contribution in [-0.2, 0) is 0 Å². The second kappa shape index (κ2) is 7.30. The molecule has 3 heterocycles. The van der Waals surface area contributed by atoms with Gasteiger partial charge in [0.05, 0.1) is 29.2 Å². The van der Waals surface area contributed by atoms with Crippen LogP contribution in [0.15, 0.2) is 48.9 Å². The molecule has 0 atom stereocenters. The minimum Gasteiger partial charge on any atom is -0.478 e. The van der Waals surface area contributed by atoms with Crippen LogP contribution in [0.3, 0.4) is 0 Å². The van der Waals surface area contributed by atoms with Crippen molar-refractivity contribution in [2.75, 3.05) is 13.1 Å². The number of carbonyl (C=O) groups excluding carboxylic acids is 1. The number of hydrogen-bond acceptors (Lipinski definition) is 4. The fraction of sp³-hybridized carbons (Fsp3) is 0.300. The van der Waals surface area contributed by atoms with Gasteiger partial charge in [0, 0.05) is 25.5 Å². The lowest BCUT2D eigenvalue weighted by molar-refractivity contribution is 0.0688. The first-order valence-corrected chi connectivity index (χ1v) is 9.22. The zero-order valence-electron chi connectivity index (χ0n) is 15.5. The van der Waals surface area contributed by atoms with Crippen molar-refractivity contribution in [3.05, 3.63) is 65.7 Å². The van der Waals surface area contributed by atoms with Gasteiger partial charge in [-0.1, -0.05) is 12.1 Å². The lowest BCUT2D eigenvalue weighted by atomic mass is 10.0. The SMILES string of the molecule is Cc1c(C(=O)O)cnn1C1CCN(C(=O)c2ccccc2-n2cccn2)CC1. The number of para-hydroxylation sites is 1. The largest absolute Gasteiger partial charge is 0.478 e. The molecule has 0 spiro atoms. The Labute approximate surface area is 162 Å². The maximum Gasteiger partial charge on any atom is 0.339 e. The highest BCUT2D eigenvalue weighted by Gasteiger charge is 2.28. The molecule has 144 valence electrons. The Morgan fingerprint density at radius 3 is 2.46 bits per heavy atom. The van der Waals surface area contributed by atoms with E-state index >= 15 is 0 Å². The van der Waals surface area contributed by atoms with Crippen molar-refractivity contribution in [3.63, 3.8) is 0 Å². The topological polar surface area (TPSA) is 93.3 Å².